The van der Waals surface area contributed by atoms with Gasteiger partial charge in [-0.25, -0.2) is 0 Å². The van der Waals surface area contributed by atoms with Gasteiger partial charge in [0.15, 0.2) is 0 Å². The van der Waals surface area contributed by atoms with Crippen LogP contribution < -0.4 is 5.73 Å². The van der Waals surface area contributed by atoms with E-state index in [4.69, 9.17) is 10.8 Å². The minimum absolute atomic E-state index is 0.249. The molecule has 0 heterocycles. The topological polar surface area (TPSA) is 46.2 Å². The Kier molecular flexibility index (Phi) is 6.79. The number of hydrogen-bond donors (Lipinski definition) is 2. The van der Waals surface area contributed by atoms with Gasteiger partial charge >= 0.3 is 0 Å². The summed E-state index contributed by atoms with van der Waals surface area (Å²) in [6.07, 6.45) is 4.08. The van der Waals surface area contributed by atoms with Crippen LogP contribution in [0, 0.1) is 0 Å². The van der Waals surface area contributed by atoms with Gasteiger partial charge < -0.3 is 10.8 Å². The van der Waals surface area contributed by atoms with Crippen LogP contribution in [-0.2, 0) is 0 Å². The number of hydrogen-bond acceptors (Lipinski definition) is 2. The molecule has 1 aromatic carbocycles. The first-order chi connectivity index (χ1) is 6.20. The van der Waals surface area contributed by atoms with Crippen LogP contribution in [0.3, 0.4) is 0 Å². The highest BCUT2D eigenvalue weighted by atomic mass is 16.3. The van der Waals surface area contributed by atoms with Gasteiger partial charge in [-0.1, -0.05) is 33.1 Å². The zero-order valence-electron chi connectivity index (χ0n) is 8.46. The molecule has 0 aliphatic carbocycles. The van der Waals surface area contributed by atoms with Crippen molar-refractivity contribution in [3.63, 3.8) is 0 Å². The summed E-state index contributed by atoms with van der Waals surface area (Å²) < 4.78 is 0. The first-order valence-corrected chi connectivity index (χ1v) is 4.75. The first-order valence-electron chi connectivity index (χ1n) is 4.75. The molecule has 0 spiro atoms. The SMILES string of the molecule is CCCCC.Nc1ccc(O)cc1. The lowest BCUT2D eigenvalue weighted by atomic mass is 10.3. The molecule has 3 N–H and O–H groups in total. The number of nitrogens with two attached hydrogens (primary N) is 1. The molecule has 0 saturated heterocycles. The summed E-state index contributed by atoms with van der Waals surface area (Å²) >= 11 is 0. The highest BCUT2D eigenvalue weighted by Gasteiger charge is 1.82. The van der Waals surface area contributed by atoms with Crippen LogP contribution in [0.15, 0.2) is 24.3 Å². The van der Waals surface area contributed by atoms with Crippen LogP contribution in [0.2, 0.25) is 0 Å². The maximum Gasteiger partial charge on any atom is 0.115 e. The van der Waals surface area contributed by atoms with E-state index in [1.54, 1.807) is 24.3 Å². The molecule has 13 heavy (non-hydrogen) atoms. The van der Waals surface area contributed by atoms with Crippen molar-refractivity contribution in [2.75, 3.05) is 5.73 Å². The van der Waals surface area contributed by atoms with Gasteiger partial charge in [0.2, 0.25) is 0 Å². The summed E-state index contributed by atoms with van der Waals surface area (Å²) in [5.41, 5.74) is 5.98. The summed E-state index contributed by atoms with van der Waals surface area (Å²) in [6.45, 7) is 4.42. The lowest BCUT2D eigenvalue weighted by Crippen LogP contribution is -1.80. The van der Waals surface area contributed by atoms with Gasteiger partial charge in [-0.15, -0.1) is 0 Å². The Balaban J connectivity index is 0.000000252. The van der Waals surface area contributed by atoms with Gasteiger partial charge in [-0.3, -0.25) is 0 Å². The number of nitrogen functional groups attached to an aromatic ring is 1. The van der Waals surface area contributed by atoms with Crippen molar-refractivity contribution in [3.05, 3.63) is 24.3 Å². The highest BCUT2D eigenvalue weighted by Crippen LogP contribution is 2.09. The van der Waals surface area contributed by atoms with Crippen LogP contribution in [0.4, 0.5) is 5.69 Å². The Morgan fingerprint density at radius 3 is 1.77 bits per heavy atom. The number of aromatic hydroxyl groups is 1. The largest absolute Gasteiger partial charge is 0.508 e. The van der Waals surface area contributed by atoms with Crippen LogP contribution in [0.25, 0.3) is 0 Å². The van der Waals surface area contributed by atoms with E-state index >= 15 is 0 Å². The maximum atomic E-state index is 8.70. The number of benzene rings is 1. The fourth-order valence-corrected chi connectivity index (χ4v) is 0.828. The van der Waals surface area contributed by atoms with Crippen LogP contribution >= 0.6 is 0 Å². The predicted molar refractivity (Wildman–Crippen MR) is 57.7 cm³/mol. The smallest absolute Gasteiger partial charge is 0.115 e. The van der Waals surface area contributed by atoms with E-state index < -0.39 is 0 Å². The van der Waals surface area contributed by atoms with Crippen molar-refractivity contribution < 1.29 is 5.11 Å². The molecule has 0 unspecified atom stereocenters. The van der Waals surface area contributed by atoms with Crippen molar-refractivity contribution in [2.45, 2.75) is 33.1 Å². The monoisotopic (exact) mass is 181 g/mol. The molecule has 2 heteroatoms. The summed E-state index contributed by atoms with van der Waals surface area (Å²) in [4.78, 5) is 0. The molecular formula is C11H19NO. The number of anilines is 1. The first kappa shape index (κ1) is 11.8. The molecule has 0 amide bonds. The van der Waals surface area contributed by atoms with Gasteiger partial charge in [-0.05, 0) is 24.3 Å². The Hall–Kier alpha value is -1.18. The third kappa shape index (κ3) is 7.19. The van der Waals surface area contributed by atoms with Gasteiger partial charge in [0.05, 0.1) is 0 Å². The average molecular weight is 181 g/mol. The van der Waals surface area contributed by atoms with Crippen molar-refractivity contribution in [2.24, 2.45) is 0 Å². The Morgan fingerprint density at radius 1 is 1.08 bits per heavy atom. The Morgan fingerprint density at radius 2 is 1.54 bits per heavy atom. The zero-order chi connectivity index (χ0) is 10.1. The van der Waals surface area contributed by atoms with Crippen molar-refractivity contribution in [3.8, 4) is 5.75 Å². The number of phenols is 1. The second kappa shape index (κ2) is 7.47. The molecule has 74 valence electrons. The molecule has 0 bridgehead atoms. The average Bonchev–Trinajstić information content (AvgIpc) is 2.13. The van der Waals surface area contributed by atoms with Crippen LogP contribution in [0.1, 0.15) is 33.1 Å². The second-order valence-electron chi connectivity index (χ2n) is 2.95. The summed E-state index contributed by atoms with van der Waals surface area (Å²) in [7, 11) is 0. The molecule has 0 aliphatic rings. The minimum atomic E-state index is 0.249. The molecule has 2 nitrogen and oxygen atoms in total. The molecular weight excluding hydrogens is 162 g/mol. The molecule has 0 radical (unpaired) electrons. The van der Waals surface area contributed by atoms with E-state index in [1.165, 1.54) is 19.3 Å². The second-order valence-corrected chi connectivity index (χ2v) is 2.95. The number of rotatable bonds is 2. The lowest BCUT2D eigenvalue weighted by molar-refractivity contribution is 0.475. The van der Waals surface area contributed by atoms with Crippen LogP contribution in [0.5, 0.6) is 5.75 Å². The third-order valence-corrected chi connectivity index (χ3v) is 1.60. The molecule has 0 aromatic heterocycles. The fraction of sp³-hybridized carbons (Fsp3) is 0.455. The molecule has 1 rings (SSSR count). The van der Waals surface area contributed by atoms with E-state index in [0.717, 1.165) is 0 Å². The van der Waals surface area contributed by atoms with Gasteiger partial charge in [-0.2, -0.15) is 0 Å². The van der Waals surface area contributed by atoms with E-state index in [1.807, 2.05) is 0 Å². The summed E-state index contributed by atoms with van der Waals surface area (Å²) in [5.74, 6) is 0.249. The van der Waals surface area contributed by atoms with Crippen molar-refractivity contribution in [1.82, 2.24) is 0 Å². The van der Waals surface area contributed by atoms with E-state index in [-0.39, 0.29) is 5.75 Å². The standard InChI is InChI=1S/C6H7NO.C5H12/c7-5-1-3-6(8)4-2-5;1-3-5-4-2/h1-4,8H,7H2;3-5H2,1-2H3. The quantitative estimate of drug-likeness (QED) is 0.543. The zero-order valence-corrected chi connectivity index (χ0v) is 8.46. The van der Waals surface area contributed by atoms with E-state index in [0.29, 0.717) is 5.69 Å². The van der Waals surface area contributed by atoms with Crippen molar-refractivity contribution >= 4 is 5.69 Å². The Bertz CT molecular complexity index is 183. The number of unbranched alkanes of at least 4 members (excludes halogenated alkanes) is 2. The minimum Gasteiger partial charge on any atom is -0.508 e. The van der Waals surface area contributed by atoms with Gasteiger partial charge in [0, 0.05) is 5.69 Å². The molecule has 1 aromatic rings. The predicted octanol–water partition coefficient (Wildman–Crippen LogP) is 3.17. The summed E-state index contributed by atoms with van der Waals surface area (Å²) in [5, 5.41) is 8.70. The molecule has 0 atom stereocenters. The fourth-order valence-electron chi connectivity index (χ4n) is 0.828. The third-order valence-electron chi connectivity index (χ3n) is 1.60. The molecule has 0 fully saturated rings. The van der Waals surface area contributed by atoms with Crippen LogP contribution in [-0.4, -0.2) is 5.11 Å². The van der Waals surface area contributed by atoms with E-state index in [9.17, 15) is 0 Å². The lowest BCUT2D eigenvalue weighted by Gasteiger charge is -1.89. The molecule has 0 aliphatic heterocycles. The Labute approximate surface area is 80.4 Å². The van der Waals surface area contributed by atoms with Crippen molar-refractivity contribution in [1.29, 1.82) is 0 Å². The number of phenolic OH excluding ortho intramolecular Hbond substituents is 1. The maximum absolute atomic E-state index is 8.70. The molecule has 0 saturated carbocycles. The normalized spacial score (nSPS) is 8.77. The highest BCUT2D eigenvalue weighted by molar-refractivity contribution is 5.40. The summed E-state index contributed by atoms with van der Waals surface area (Å²) in [6, 6.07) is 6.40. The van der Waals surface area contributed by atoms with E-state index in [2.05, 4.69) is 13.8 Å². The van der Waals surface area contributed by atoms with Gasteiger partial charge in [0.1, 0.15) is 5.75 Å². The van der Waals surface area contributed by atoms with Gasteiger partial charge in [0.25, 0.3) is 0 Å².